The Morgan fingerprint density at radius 1 is 0.847 bits per heavy atom. The van der Waals surface area contributed by atoms with Crippen LogP contribution in [0.2, 0.25) is 0 Å². The van der Waals surface area contributed by atoms with E-state index >= 15 is 0 Å². The summed E-state index contributed by atoms with van der Waals surface area (Å²) >= 11 is 1.82. The number of anilines is 2. The molecule has 0 aromatic heterocycles. The van der Waals surface area contributed by atoms with Gasteiger partial charge in [-0.05, 0) is 126 Å². The highest BCUT2D eigenvalue weighted by Crippen LogP contribution is 2.48. The van der Waals surface area contributed by atoms with E-state index in [9.17, 15) is 9.59 Å². The topological polar surface area (TPSA) is 73.7 Å². The number of fused-ring (bicyclic) bond motifs is 2. The number of hydrogen-bond donors (Lipinski definition) is 2. The van der Waals surface area contributed by atoms with Crippen molar-refractivity contribution in [3.63, 3.8) is 0 Å². The van der Waals surface area contributed by atoms with Gasteiger partial charge in [-0.15, -0.1) is 0 Å². The van der Waals surface area contributed by atoms with Crippen molar-refractivity contribution in [3.8, 4) is 0 Å². The molecule has 3 aromatic carbocycles. The van der Waals surface area contributed by atoms with Gasteiger partial charge in [-0.25, -0.2) is 0 Å². The number of nitrogens with one attached hydrogen (secondary N) is 2. The predicted molar refractivity (Wildman–Crippen MR) is 251 cm³/mol. The number of para-hydroxylation sites is 2. The van der Waals surface area contributed by atoms with Gasteiger partial charge in [0.05, 0.1) is 12.0 Å². The molecule has 6 rings (SSSR count). The molecule has 312 valence electrons. The van der Waals surface area contributed by atoms with Crippen LogP contribution in [0.25, 0.3) is 0 Å². The minimum Gasteiger partial charge on any atom is -0.360 e. The summed E-state index contributed by atoms with van der Waals surface area (Å²) in [5.41, 5.74) is 11.3. The van der Waals surface area contributed by atoms with Gasteiger partial charge < -0.3 is 20.1 Å². The molecule has 0 unspecified atom stereocenters. The van der Waals surface area contributed by atoms with Gasteiger partial charge in [0.25, 0.3) is 0 Å². The van der Waals surface area contributed by atoms with Gasteiger partial charge in [0, 0.05) is 84.1 Å². The summed E-state index contributed by atoms with van der Waals surface area (Å²) in [6, 6.07) is 25.8. The first-order chi connectivity index (χ1) is 28.3. The molecule has 0 bridgehead atoms. The fourth-order valence-electron chi connectivity index (χ4n) is 8.67. The molecular formula is C50H64N4O3PS+. The number of thioether (sulfide) groups is 1. The average molecular weight is 832 g/mol. The van der Waals surface area contributed by atoms with Crippen molar-refractivity contribution in [2.45, 2.75) is 102 Å². The third kappa shape index (κ3) is 10.4. The molecule has 9 heteroatoms. The highest BCUT2D eigenvalue weighted by atomic mass is 32.2. The molecule has 3 aliphatic rings. The van der Waals surface area contributed by atoms with E-state index in [1.165, 1.54) is 50.0 Å². The summed E-state index contributed by atoms with van der Waals surface area (Å²) in [6.07, 6.45) is 14.6. The van der Waals surface area contributed by atoms with Crippen molar-refractivity contribution in [1.82, 2.24) is 5.32 Å². The molecule has 2 aliphatic heterocycles. The number of hydrogen-bond acceptors (Lipinski definition) is 5. The summed E-state index contributed by atoms with van der Waals surface area (Å²) in [6.45, 7) is 21.1. The van der Waals surface area contributed by atoms with Crippen LogP contribution in [-0.4, -0.2) is 61.7 Å². The second-order valence-electron chi connectivity index (χ2n) is 16.8. The number of benzene rings is 3. The van der Waals surface area contributed by atoms with E-state index < -0.39 is 0 Å². The Bertz CT molecular complexity index is 2160. The molecule has 7 nitrogen and oxygen atoms in total. The summed E-state index contributed by atoms with van der Waals surface area (Å²) in [5.74, 6) is -0.108. The smallest absolute Gasteiger partial charge is 0.224 e. The Hall–Kier alpha value is -4.23. The van der Waals surface area contributed by atoms with E-state index in [0.29, 0.717) is 32.4 Å². The minimum absolute atomic E-state index is 0.0247. The predicted octanol–water partition coefficient (Wildman–Crippen LogP) is 11.8. The molecule has 0 radical (unpaired) electrons. The van der Waals surface area contributed by atoms with E-state index in [0.717, 1.165) is 49.4 Å². The van der Waals surface area contributed by atoms with Crippen LogP contribution in [-0.2, 0) is 24.9 Å². The Morgan fingerprint density at radius 2 is 1.56 bits per heavy atom. The number of carbonyl (C=O) groups excluding carboxylic acids is 2. The van der Waals surface area contributed by atoms with E-state index in [-0.39, 0.29) is 30.8 Å². The maximum absolute atomic E-state index is 12.8. The molecule has 2 heterocycles. The Labute approximate surface area is 359 Å². The van der Waals surface area contributed by atoms with E-state index in [4.69, 9.17) is 4.52 Å². The van der Waals surface area contributed by atoms with Gasteiger partial charge in [-0.3, -0.25) is 9.59 Å². The van der Waals surface area contributed by atoms with Crippen molar-refractivity contribution in [2.75, 3.05) is 49.8 Å². The fraction of sp³-hybridized carbons (Fsp3) is 0.420. The van der Waals surface area contributed by atoms with Crippen LogP contribution < -0.4 is 15.5 Å². The molecule has 2 amide bonds. The summed E-state index contributed by atoms with van der Waals surface area (Å²) in [5, 5.41) is 5.97. The van der Waals surface area contributed by atoms with E-state index in [1.54, 1.807) is 0 Å². The highest BCUT2D eigenvalue weighted by Gasteiger charge is 2.43. The fourth-order valence-corrected chi connectivity index (χ4v) is 10.3. The standard InChI is InChI=1S/C50H63N4O3PS/c1-9-53-42-22-13-11-20-40(42)49(3,4)44(53)32-26-36-18-15-19-37(27-33-45-50(5,6)41-21-12-14-23-43(41)54(45)10-2)48(36)59-39-30-28-38(29-31-39)52-47(56)25-16-24-46(55)51-34-17-35-57-58(7)8/h11-14,20-23,26-33H,9-10,15-19,24-25,34-35H2,1-8H3,(H-,51,52,55,56)/p+1. The maximum Gasteiger partial charge on any atom is 0.224 e. The number of nitrogens with zero attached hydrogens (tertiary/aromatic N) is 2. The van der Waals surface area contributed by atoms with Gasteiger partial charge in [0.1, 0.15) is 6.54 Å². The summed E-state index contributed by atoms with van der Waals surface area (Å²) < 4.78 is 8.06. The largest absolute Gasteiger partial charge is 0.360 e. The zero-order valence-electron chi connectivity index (χ0n) is 36.5. The minimum atomic E-state index is -0.379. The molecule has 0 fully saturated rings. The average Bonchev–Trinajstić information content (AvgIpc) is 3.58. The first-order valence-electron chi connectivity index (χ1n) is 21.4. The molecule has 0 spiro atoms. The summed E-state index contributed by atoms with van der Waals surface area (Å²) in [7, 11) is -0.379. The zero-order chi connectivity index (χ0) is 42.2. The zero-order valence-corrected chi connectivity index (χ0v) is 38.2. The van der Waals surface area contributed by atoms with Gasteiger partial charge >= 0.3 is 0 Å². The lowest BCUT2D eigenvalue weighted by Crippen LogP contribution is -2.27. The second kappa shape index (κ2) is 19.9. The second-order valence-corrected chi connectivity index (χ2v) is 19.8. The first kappa shape index (κ1) is 44.3. The number of likely N-dealkylation sites (N-methyl/N-ethyl adjacent to an activating group) is 1. The molecular weight excluding hydrogens is 768 g/mol. The highest BCUT2D eigenvalue weighted by molar-refractivity contribution is 8.03. The van der Waals surface area contributed by atoms with Crippen molar-refractivity contribution in [3.05, 3.63) is 130 Å². The Morgan fingerprint density at radius 3 is 2.29 bits per heavy atom. The number of allylic oxidation sites excluding steroid dienone is 7. The molecule has 1 aliphatic carbocycles. The Kier molecular flexibility index (Phi) is 14.9. The normalized spacial score (nSPS) is 18.4. The molecule has 0 saturated heterocycles. The van der Waals surface area contributed by atoms with Gasteiger partial charge in [-0.1, -0.05) is 74.2 Å². The number of carbonyl (C=O) groups is 2. The van der Waals surface area contributed by atoms with Gasteiger partial charge in [0.15, 0.2) is 5.71 Å². The van der Waals surface area contributed by atoms with Crippen LogP contribution in [0.1, 0.15) is 97.6 Å². The van der Waals surface area contributed by atoms with Crippen LogP contribution in [0.3, 0.4) is 0 Å². The quantitative estimate of drug-likeness (QED) is 0.0805. The Balaban J connectivity index is 1.22. The first-order valence-corrected chi connectivity index (χ1v) is 24.4. The molecule has 3 aromatic rings. The van der Waals surface area contributed by atoms with Crippen LogP contribution in [0.15, 0.2) is 124 Å². The molecule has 2 N–H and O–H groups in total. The van der Waals surface area contributed by atoms with Crippen molar-refractivity contribution in [2.24, 2.45) is 0 Å². The van der Waals surface area contributed by atoms with Crippen molar-refractivity contribution >= 4 is 54.5 Å². The number of rotatable bonds is 17. The maximum atomic E-state index is 12.8. The lowest BCUT2D eigenvalue weighted by Gasteiger charge is -2.26. The van der Waals surface area contributed by atoms with Crippen LogP contribution in [0.5, 0.6) is 0 Å². The van der Waals surface area contributed by atoms with Crippen LogP contribution >= 0.6 is 19.9 Å². The molecule has 59 heavy (non-hydrogen) atoms. The van der Waals surface area contributed by atoms with E-state index in [2.05, 4.69) is 160 Å². The van der Waals surface area contributed by atoms with Crippen LogP contribution in [0.4, 0.5) is 17.1 Å². The lowest BCUT2D eigenvalue weighted by molar-refractivity contribution is -0.433. The third-order valence-electron chi connectivity index (χ3n) is 11.7. The van der Waals surface area contributed by atoms with Crippen molar-refractivity contribution in [1.29, 1.82) is 0 Å². The SMILES string of the molecule is CCN1C(=CC=C2CCCC(C=CC3=[N+](CC)c4ccccc4C3(C)C)=C2Sc2ccc(NC(=O)CCCC(=O)NCCCOP(C)C)cc2)C(C)(C)c2ccccc21. The summed E-state index contributed by atoms with van der Waals surface area (Å²) in [4.78, 5) is 30.0. The van der Waals surface area contributed by atoms with Crippen molar-refractivity contribution < 1.29 is 18.7 Å². The molecule has 0 saturated carbocycles. The lowest BCUT2D eigenvalue weighted by atomic mass is 9.81. The number of amides is 2. The molecule has 0 atom stereocenters. The monoisotopic (exact) mass is 831 g/mol. The van der Waals surface area contributed by atoms with Gasteiger partial charge in [-0.2, -0.15) is 4.58 Å². The third-order valence-corrected chi connectivity index (χ3v) is 13.7. The van der Waals surface area contributed by atoms with Gasteiger partial charge in [0.2, 0.25) is 17.5 Å². The van der Waals surface area contributed by atoms with E-state index in [1.807, 2.05) is 23.9 Å². The van der Waals surface area contributed by atoms with Crippen LogP contribution in [0, 0.1) is 0 Å².